The predicted molar refractivity (Wildman–Crippen MR) is 85.2 cm³/mol. The lowest BCUT2D eigenvalue weighted by Gasteiger charge is -2.37. The molecule has 3 rings (SSSR count). The zero-order valence-corrected chi connectivity index (χ0v) is 14.1. The second-order valence-corrected chi connectivity index (χ2v) is 7.82. The van der Waals surface area contributed by atoms with Crippen LogP contribution in [0, 0.1) is 12.7 Å². The van der Waals surface area contributed by atoms with Gasteiger partial charge in [0.25, 0.3) is 0 Å². The van der Waals surface area contributed by atoms with Crippen molar-refractivity contribution in [2.24, 2.45) is 0 Å². The summed E-state index contributed by atoms with van der Waals surface area (Å²) >= 11 is 0. The molecule has 0 spiro atoms. The van der Waals surface area contributed by atoms with Crippen LogP contribution < -0.4 is 0 Å². The SMILES string of the molecule is CCCn1c(C)cnc1C1CN(S(=O)(=O)c2cccc(F)c2)C1. The molecule has 0 bridgehead atoms. The van der Waals surface area contributed by atoms with Crippen molar-refractivity contribution in [2.45, 2.75) is 37.6 Å². The van der Waals surface area contributed by atoms with E-state index in [1.54, 1.807) is 0 Å². The zero-order chi connectivity index (χ0) is 16.6. The van der Waals surface area contributed by atoms with Crippen LogP contribution in [0.5, 0.6) is 0 Å². The summed E-state index contributed by atoms with van der Waals surface area (Å²) in [6.07, 6.45) is 2.83. The summed E-state index contributed by atoms with van der Waals surface area (Å²) < 4.78 is 41.8. The van der Waals surface area contributed by atoms with E-state index < -0.39 is 15.8 Å². The third kappa shape index (κ3) is 2.90. The van der Waals surface area contributed by atoms with Gasteiger partial charge in [-0.05, 0) is 31.5 Å². The fourth-order valence-corrected chi connectivity index (χ4v) is 4.46. The normalized spacial score (nSPS) is 16.5. The Balaban J connectivity index is 1.76. The fraction of sp³-hybridized carbons (Fsp3) is 0.438. The van der Waals surface area contributed by atoms with Crippen molar-refractivity contribution in [1.29, 1.82) is 0 Å². The van der Waals surface area contributed by atoms with Gasteiger partial charge in [-0.1, -0.05) is 13.0 Å². The van der Waals surface area contributed by atoms with E-state index in [9.17, 15) is 12.8 Å². The lowest BCUT2D eigenvalue weighted by Crippen LogP contribution is -2.49. The molecule has 0 atom stereocenters. The van der Waals surface area contributed by atoms with Gasteiger partial charge in [0.05, 0.1) is 4.90 Å². The molecular formula is C16H20FN3O2S. The van der Waals surface area contributed by atoms with Crippen LogP contribution in [-0.2, 0) is 16.6 Å². The predicted octanol–water partition coefficient (Wildman–Crippen LogP) is 2.53. The highest BCUT2D eigenvalue weighted by molar-refractivity contribution is 7.89. The van der Waals surface area contributed by atoms with Crippen LogP contribution >= 0.6 is 0 Å². The molecule has 0 saturated carbocycles. The standard InChI is InChI=1S/C16H20FN3O2S/c1-3-7-20-12(2)9-18-16(20)13-10-19(11-13)23(21,22)15-6-4-5-14(17)8-15/h4-6,8-9,13H,3,7,10-11H2,1-2H3. The van der Waals surface area contributed by atoms with Gasteiger partial charge >= 0.3 is 0 Å². The minimum absolute atomic E-state index is 0.00373. The molecule has 2 heterocycles. The van der Waals surface area contributed by atoms with Crippen LogP contribution in [0.2, 0.25) is 0 Å². The maximum Gasteiger partial charge on any atom is 0.243 e. The van der Waals surface area contributed by atoms with Crippen LogP contribution in [0.25, 0.3) is 0 Å². The number of nitrogens with zero attached hydrogens (tertiary/aromatic N) is 3. The zero-order valence-electron chi connectivity index (χ0n) is 13.2. The number of imidazole rings is 1. The van der Waals surface area contributed by atoms with Gasteiger partial charge in [0.15, 0.2) is 0 Å². The molecule has 0 N–H and O–H groups in total. The quantitative estimate of drug-likeness (QED) is 0.842. The van der Waals surface area contributed by atoms with Gasteiger partial charge in [0, 0.05) is 37.4 Å². The Kier molecular flexibility index (Phi) is 4.25. The maximum atomic E-state index is 13.3. The Hall–Kier alpha value is -1.73. The summed E-state index contributed by atoms with van der Waals surface area (Å²) in [6.45, 7) is 5.77. The Bertz CT molecular complexity index is 810. The molecule has 2 aromatic rings. The molecule has 1 aliphatic rings. The highest BCUT2D eigenvalue weighted by atomic mass is 32.2. The third-order valence-electron chi connectivity index (χ3n) is 4.18. The summed E-state index contributed by atoms with van der Waals surface area (Å²) in [4.78, 5) is 4.44. The Morgan fingerprint density at radius 2 is 2.09 bits per heavy atom. The summed E-state index contributed by atoms with van der Waals surface area (Å²) in [5, 5.41) is 0. The van der Waals surface area contributed by atoms with Crippen LogP contribution in [0.15, 0.2) is 35.4 Å². The first-order valence-corrected chi connectivity index (χ1v) is 9.15. The molecule has 0 radical (unpaired) electrons. The molecule has 1 saturated heterocycles. The first-order valence-electron chi connectivity index (χ1n) is 7.71. The van der Waals surface area contributed by atoms with Crippen molar-refractivity contribution < 1.29 is 12.8 Å². The molecule has 1 fully saturated rings. The summed E-state index contributed by atoms with van der Waals surface area (Å²) in [6, 6.07) is 5.14. The van der Waals surface area contributed by atoms with E-state index in [-0.39, 0.29) is 10.8 Å². The van der Waals surface area contributed by atoms with E-state index in [2.05, 4.69) is 16.5 Å². The van der Waals surface area contributed by atoms with Crippen molar-refractivity contribution >= 4 is 10.0 Å². The molecule has 1 aromatic heterocycles. The highest BCUT2D eigenvalue weighted by Gasteiger charge is 2.39. The fourth-order valence-electron chi connectivity index (χ4n) is 2.89. The van der Waals surface area contributed by atoms with Crippen LogP contribution in [0.3, 0.4) is 0 Å². The van der Waals surface area contributed by atoms with Gasteiger partial charge in [-0.15, -0.1) is 0 Å². The number of hydrogen-bond acceptors (Lipinski definition) is 3. The van der Waals surface area contributed by atoms with E-state index in [1.807, 2.05) is 13.1 Å². The molecule has 1 aliphatic heterocycles. The first kappa shape index (κ1) is 16.1. The average Bonchev–Trinajstić information content (AvgIpc) is 2.79. The number of halogens is 1. The average molecular weight is 337 g/mol. The first-order chi connectivity index (χ1) is 10.9. The van der Waals surface area contributed by atoms with Gasteiger partial charge < -0.3 is 4.57 Å². The van der Waals surface area contributed by atoms with E-state index in [1.165, 1.54) is 22.5 Å². The number of rotatable bonds is 5. The van der Waals surface area contributed by atoms with Gasteiger partial charge in [0.2, 0.25) is 10.0 Å². The molecule has 124 valence electrons. The largest absolute Gasteiger partial charge is 0.332 e. The molecule has 7 heteroatoms. The van der Waals surface area contributed by atoms with Crippen molar-refractivity contribution in [2.75, 3.05) is 13.1 Å². The van der Waals surface area contributed by atoms with E-state index >= 15 is 0 Å². The highest BCUT2D eigenvalue weighted by Crippen LogP contribution is 2.32. The Morgan fingerprint density at radius 1 is 1.35 bits per heavy atom. The van der Waals surface area contributed by atoms with Crippen molar-refractivity contribution in [3.63, 3.8) is 0 Å². The maximum absolute atomic E-state index is 13.3. The van der Waals surface area contributed by atoms with Gasteiger partial charge in [-0.3, -0.25) is 0 Å². The van der Waals surface area contributed by atoms with E-state index in [0.29, 0.717) is 13.1 Å². The molecule has 23 heavy (non-hydrogen) atoms. The topological polar surface area (TPSA) is 55.2 Å². The molecule has 0 unspecified atom stereocenters. The smallest absolute Gasteiger partial charge is 0.243 e. The number of benzene rings is 1. The lowest BCUT2D eigenvalue weighted by molar-refractivity contribution is 0.250. The third-order valence-corrected chi connectivity index (χ3v) is 6.01. The van der Waals surface area contributed by atoms with E-state index in [0.717, 1.165) is 30.6 Å². The number of aromatic nitrogens is 2. The minimum atomic E-state index is -3.63. The van der Waals surface area contributed by atoms with Crippen molar-refractivity contribution in [1.82, 2.24) is 13.9 Å². The van der Waals surface area contributed by atoms with Gasteiger partial charge in [0.1, 0.15) is 11.6 Å². The van der Waals surface area contributed by atoms with E-state index in [4.69, 9.17) is 0 Å². The Labute approximate surface area is 135 Å². The van der Waals surface area contributed by atoms with Gasteiger partial charge in [-0.2, -0.15) is 4.31 Å². The molecule has 5 nitrogen and oxygen atoms in total. The Morgan fingerprint density at radius 3 is 2.74 bits per heavy atom. The van der Waals surface area contributed by atoms with Crippen LogP contribution in [0.4, 0.5) is 4.39 Å². The lowest BCUT2D eigenvalue weighted by atomic mass is 10.0. The molecule has 0 amide bonds. The van der Waals surface area contributed by atoms with Crippen LogP contribution in [0.1, 0.15) is 30.8 Å². The number of aryl methyl sites for hydroxylation is 1. The number of sulfonamides is 1. The second-order valence-electron chi connectivity index (χ2n) is 5.89. The molecular weight excluding hydrogens is 317 g/mol. The van der Waals surface area contributed by atoms with Crippen LogP contribution in [-0.4, -0.2) is 35.4 Å². The number of hydrogen-bond donors (Lipinski definition) is 0. The molecule has 1 aromatic carbocycles. The second kappa shape index (κ2) is 6.05. The summed E-state index contributed by atoms with van der Waals surface area (Å²) in [7, 11) is -3.63. The summed E-state index contributed by atoms with van der Waals surface area (Å²) in [5.74, 6) is 0.492. The van der Waals surface area contributed by atoms with Gasteiger partial charge in [-0.25, -0.2) is 17.8 Å². The van der Waals surface area contributed by atoms with Crippen molar-refractivity contribution in [3.8, 4) is 0 Å². The van der Waals surface area contributed by atoms with Crippen molar-refractivity contribution in [3.05, 3.63) is 47.8 Å². The molecule has 0 aliphatic carbocycles. The minimum Gasteiger partial charge on any atom is -0.332 e. The summed E-state index contributed by atoms with van der Waals surface area (Å²) in [5.41, 5.74) is 1.09. The monoisotopic (exact) mass is 337 g/mol.